The van der Waals surface area contributed by atoms with Crippen molar-refractivity contribution in [3.63, 3.8) is 0 Å². The number of nitrogens with zero attached hydrogens (tertiary/aromatic N) is 2. The topological polar surface area (TPSA) is 43.8 Å². The molecule has 1 saturated heterocycles. The summed E-state index contributed by atoms with van der Waals surface area (Å²) in [7, 11) is 0. The molecule has 0 aromatic heterocycles. The zero-order chi connectivity index (χ0) is 20.6. The van der Waals surface area contributed by atoms with Crippen LogP contribution in [0.25, 0.3) is 0 Å². The van der Waals surface area contributed by atoms with Gasteiger partial charge in [0.25, 0.3) is 0 Å². The van der Waals surface area contributed by atoms with Gasteiger partial charge in [-0.25, -0.2) is 4.79 Å². The van der Waals surface area contributed by atoms with E-state index in [0.717, 1.165) is 37.6 Å². The molecule has 1 saturated carbocycles. The first-order chi connectivity index (χ1) is 13.8. The quantitative estimate of drug-likeness (QED) is 0.749. The van der Waals surface area contributed by atoms with Gasteiger partial charge in [-0.05, 0) is 55.9 Å². The van der Waals surface area contributed by atoms with Gasteiger partial charge in [0.15, 0.2) is 0 Å². The first kappa shape index (κ1) is 19.9. The third-order valence-electron chi connectivity index (χ3n) is 6.35. The Morgan fingerprint density at radius 2 is 1.83 bits per heavy atom. The Kier molecular flexibility index (Phi) is 5.32. The fourth-order valence-corrected chi connectivity index (χ4v) is 4.93. The largest absolute Gasteiger partial charge is 0.478 e. The van der Waals surface area contributed by atoms with Crippen LogP contribution in [0.5, 0.6) is 0 Å². The van der Waals surface area contributed by atoms with Gasteiger partial charge < -0.3 is 14.9 Å². The van der Waals surface area contributed by atoms with E-state index in [2.05, 4.69) is 4.90 Å². The molecule has 0 amide bonds. The summed E-state index contributed by atoms with van der Waals surface area (Å²) in [5, 5.41) is 9.14. The number of hydrogen-bond acceptors (Lipinski definition) is 3. The average Bonchev–Trinajstić information content (AvgIpc) is 2.72. The minimum atomic E-state index is -4.43. The van der Waals surface area contributed by atoms with Gasteiger partial charge in [0.2, 0.25) is 0 Å². The van der Waals surface area contributed by atoms with E-state index in [1.807, 2.05) is 0 Å². The molecule has 1 aromatic carbocycles. The molecule has 156 valence electrons. The molecule has 2 heterocycles. The van der Waals surface area contributed by atoms with E-state index >= 15 is 0 Å². The summed E-state index contributed by atoms with van der Waals surface area (Å²) in [6, 6.07) is 4.33. The summed E-state index contributed by atoms with van der Waals surface area (Å²) in [6.07, 6.45) is 6.99. The molecule has 0 spiro atoms. The van der Waals surface area contributed by atoms with Crippen molar-refractivity contribution in [1.82, 2.24) is 0 Å². The predicted octanol–water partition coefficient (Wildman–Crippen LogP) is 5.21. The Morgan fingerprint density at radius 3 is 2.52 bits per heavy atom. The Bertz CT molecular complexity index is 845. The van der Waals surface area contributed by atoms with Crippen molar-refractivity contribution >= 4 is 17.3 Å². The van der Waals surface area contributed by atoms with E-state index < -0.39 is 17.7 Å². The molecule has 4 rings (SSSR count). The Labute approximate surface area is 168 Å². The first-order valence-corrected chi connectivity index (χ1v) is 10.2. The van der Waals surface area contributed by atoms with Crippen LogP contribution in [0, 0.1) is 5.92 Å². The molecule has 0 unspecified atom stereocenters. The highest BCUT2D eigenvalue weighted by Crippen LogP contribution is 2.43. The van der Waals surface area contributed by atoms with E-state index in [0.29, 0.717) is 17.6 Å². The standard InChI is InChI=1S/C22H25F3N2O2/c23-22(24,25)17-7-8-19(27-11-3-5-15-4-1-2-6-18(15)27)20(14-17)26-12-9-16(10-13-26)21(28)29/h7-10,12,14-15,18H,1-6,11,13H2,(H,28,29)/t15-,18+/m0/s1. The lowest BCUT2D eigenvalue weighted by atomic mass is 9.78. The normalized spacial score (nSPS) is 24.9. The van der Waals surface area contributed by atoms with E-state index in [1.54, 1.807) is 17.2 Å². The highest BCUT2D eigenvalue weighted by molar-refractivity contribution is 5.91. The van der Waals surface area contributed by atoms with Crippen LogP contribution in [0.2, 0.25) is 0 Å². The van der Waals surface area contributed by atoms with Crippen molar-refractivity contribution in [1.29, 1.82) is 0 Å². The molecule has 29 heavy (non-hydrogen) atoms. The second-order valence-electron chi connectivity index (χ2n) is 8.08. The predicted molar refractivity (Wildman–Crippen MR) is 106 cm³/mol. The maximum absolute atomic E-state index is 13.4. The number of halogens is 3. The summed E-state index contributed by atoms with van der Waals surface area (Å²) >= 11 is 0. The molecule has 7 heteroatoms. The molecular weight excluding hydrogens is 381 g/mol. The van der Waals surface area contributed by atoms with Crippen molar-refractivity contribution in [2.24, 2.45) is 5.92 Å². The van der Waals surface area contributed by atoms with Crippen molar-refractivity contribution in [3.8, 4) is 0 Å². The molecular formula is C22H25F3N2O2. The minimum absolute atomic E-state index is 0.153. The van der Waals surface area contributed by atoms with E-state index in [9.17, 15) is 18.0 Å². The molecule has 1 N–H and O–H groups in total. The maximum atomic E-state index is 13.4. The van der Waals surface area contributed by atoms with Crippen LogP contribution in [-0.4, -0.2) is 30.2 Å². The van der Waals surface area contributed by atoms with Gasteiger partial charge in [0.05, 0.1) is 22.5 Å². The highest BCUT2D eigenvalue weighted by atomic mass is 19.4. The van der Waals surface area contributed by atoms with Crippen LogP contribution >= 0.6 is 0 Å². The smallest absolute Gasteiger partial charge is 0.416 e. The van der Waals surface area contributed by atoms with Crippen LogP contribution in [-0.2, 0) is 11.0 Å². The SMILES string of the molecule is O=C(O)C1=CCN(c2cc(C(F)(F)F)ccc2N2CCC[C@@H]3CCCC[C@H]32)C=C1. The maximum Gasteiger partial charge on any atom is 0.416 e. The van der Waals surface area contributed by atoms with Crippen molar-refractivity contribution in [3.05, 3.63) is 47.7 Å². The Hall–Kier alpha value is -2.44. The fourth-order valence-electron chi connectivity index (χ4n) is 4.93. The Morgan fingerprint density at radius 1 is 1.07 bits per heavy atom. The summed E-state index contributed by atoms with van der Waals surface area (Å²) < 4.78 is 40.2. The average molecular weight is 406 g/mol. The number of fused-ring (bicyclic) bond motifs is 1. The first-order valence-electron chi connectivity index (χ1n) is 10.2. The number of alkyl halides is 3. The zero-order valence-corrected chi connectivity index (χ0v) is 16.2. The lowest BCUT2D eigenvalue weighted by Crippen LogP contribution is -2.47. The molecule has 0 radical (unpaired) electrons. The number of piperidine rings is 1. The number of carboxylic acids is 1. The number of carboxylic acid groups (broad SMARTS) is 1. The fraction of sp³-hybridized carbons (Fsp3) is 0.500. The van der Waals surface area contributed by atoms with Crippen molar-refractivity contribution < 1.29 is 23.1 Å². The molecule has 0 bridgehead atoms. The molecule has 4 nitrogen and oxygen atoms in total. The Balaban J connectivity index is 1.72. The molecule has 2 fully saturated rings. The van der Waals surface area contributed by atoms with Gasteiger partial charge in [-0.3, -0.25) is 0 Å². The van der Waals surface area contributed by atoms with Gasteiger partial charge in [-0.2, -0.15) is 13.2 Å². The van der Waals surface area contributed by atoms with Crippen LogP contribution < -0.4 is 9.80 Å². The molecule has 2 atom stereocenters. The number of benzene rings is 1. The molecule has 1 aliphatic carbocycles. The molecule has 1 aromatic rings. The summed E-state index contributed by atoms with van der Waals surface area (Å²) in [6.45, 7) is 1.07. The summed E-state index contributed by atoms with van der Waals surface area (Å²) in [4.78, 5) is 15.2. The van der Waals surface area contributed by atoms with Crippen LogP contribution in [0.4, 0.5) is 24.5 Å². The number of hydrogen-bond donors (Lipinski definition) is 1. The third-order valence-corrected chi connectivity index (χ3v) is 6.35. The van der Waals surface area contributed by atoms with Crippen LogP contribution in [0.1, 0.15) is 44.1 Å². The lowest BCUT2D eigenvalue weighted by Gasteiger charge is -2.46. The molecule has 2 aliphatic heterocycles. The lowest BCUT2D eigenvalue weighted by molar-refractivity contribution is -0.137. The number of aliphatic carboxylic acids is 1. The van der Waals surface area contributed by atoms with Crippen molar-refractivity contribution in [2.75, 3.05) is 22.9 Å². The van der Waals surface area contributed by atoms with Gasteiger partial charge in [-0.15, -0.1) is 0 Å². The monoisotopic (exact) mass is 406 g/mol. The van der Waals surface area contributed by atoms with Crippen LogP contribution in [0.3, 0.4) is 0 Å². The minimum Gasteiger partial charge on any atom is -0.478 e. The molecule has 3 aliphatic rings. The van der Waals surface area contributed by atoms with Gasteiger partial charge in [0, 0.05) is 25.3 Å². The van der Waals surface area contributed by atoms with Gasteiger partial charge in [-0.1, -0.05) is 18.9 Å². The van der Waals surface area contributed by atoms with E-state index in [4.69, 9.17) is 5.11 Å². The summed E-state index contributed by atoms with van der Waals surface area (Å²) in [5.74, 6) is -0.436. The second kappa shape index (κ2) is 7.76. The van der Waals surface area contributed by atoms with E-state index in [-0.39, 0.29) is 12.1 Å². The zero-order valence-electron chi connectivity index (χ0n) is 16.2. The third kappa shape index (κ3) is 4.00. The van der Waals surface area contributed by atoms with Crippen molar-refractivity contribution in [2.45, 2.75) is 50.7 Å². The van der Waals surface area contributed by atoms with E-state index in [1.165, 1.54) is 37.5 Å². The second-order valence-corrected chi connectivity index (χ2v) is 8.08. The van der Waals surface area contributed by atoms with Crippen LogP contribution in [0.15, 0.2) is 42.1 Å². The van der Waals surface area contributed by atoms with Gasteiger partial charge >= 0.3 is 12.1 Å². The van der Waals surface area contributed by atoms with Gasteiger partial charge in [0.1, 0.15) is 0 Å². The number of anilines is 2. The number of rotatable bonds is 3. The highest BCUT2D eigenvalue weighted by Gasteiger charge is 2.36. The summed E-state index contributed by atoms with van der Waals surface area (Å²) in [5.41, 5.74) is 0.768. The number of carbonyl (C=O) groups is 1.